The van der Waals surface area contributed by atoms with Gasteiger partial charge in [0, 0.05) is 11.1 Å². The Bertz CT molecular complexity index is 433. The smallest absolute Gasteiger partial charge is 0.337 e. The normalized spacial score (nSPS) is 10.8. The van der Waals surface area contributed by atoms with Gasteiger partial charge in [-0.1, -0.05) is 6.07 Å². The highest BCUT2D eigenvalue weighted by molar-refractivity contribution is 5.98. The number of benzene rings is 1. The van der Waals surface area contributed by atoms with Crippen molar-refractivity contribution in [3.05, 3.63) is 35.4 Å². The van der Waals surface area contributed by atoms with E-state index >= 15 is 0 Å². The molecule has 0 aliphatic heterocycles. The molecule has 0 saturated heterocycles. The van der Waals surface area contributed by atoms with Crippen LogP contribution in [0.2, 0.25) is 0 Å². The van der Waals surface area contributed by atoms with Crippen LogP contribution in [0.1, 0.15) is 41.5 Å². The van der Waals surface area contributed by atoms with Gasteiger partial charge >= 0.3 is 5.97 Å². The van der Waals surface area contributed by atoms with Crippen LogP contribution >= 0.6 is 0 Å². The molecule has 0 aliphatic rings. The van der Waals surface area contributed by atoms with E-state index < -0.39 is 5.97 Å². The van der Waals surface area contributed by atoms with E-state index in [0.717, 1.165) is 0 Å². The Morgan fingerprint density at radius 3 is 2.29 bits per heavy atom. The number of carbonyl (C=O) groups is 2. The molecule has 4 nitrogen and oxygen atoms in total. The molecule has 0 bridgehead atoms. The molecule has 0 atom stereocenters. The van der Waals surface area contributed by atoms with Crippen LogP contribution in [-0.2, 0) is 4.74 Å². The largest absolute Gasteiger partial charge is 0.465 e. The Morgan fingerprint density at radius 1 is 1.18 bits per heavy atom. The molecular formula is C13H17NO3. The fourth-order valence-corrected chi connectivity index (χ4v) is 1.32. The Kier molecular flexibility index (Phi) is 3.89. The number of rotatable bonds is 2. The monoisotopic (exact) mass is 235 g/mol. The number of methoxy groups -OCH3 is 1. The van der Waals surface area contributed by atoms with Crippen molar-refractivity contribution < 1.29 is 14.3 Å². The number of esters is 1. The minimum Gasteiger partial charge on any atom is -0.465 e. The maximum atomic E-state index is 11.9. The van der Waals surface area contributed by atoms with E-state index in [4.69, 9.17) is 0 Å². The molecular weight excluding hydrogens is 218 g/mol. The topological polar surface area (TPSA) is 55.4 Å². The number of amides is 1. The predicted molar refractivity (Wildman–Crippen MR) is 65.0 cm³/mol. The Hall–Kier alpha value is -1.84. The summed E-state index contributed by atoms with van der Waals surface area (Å²) in [6.45, 7) is 5.69. The first kappa shape index (κ1) is 13.2. The zero-order valence-corrected chi connectivity index (χ0v) is 10.5. The number of carbonyl (C=O) groups excluding carboxylic acids is 2. The van der Waals surface area contributed by atoms with Gasteiger partial charge in [-0.15, -0.1) is 0 Å². The molecule has 0 unspecified atom stereocenters. The van der Waals surface area contributed by atoms with E-state index in [2.05, 4.69) is 10.1 Å². The van der Waals surface area contributed by atoms with Crippen molar-refractivity contribution in [2.45, 2.75) is 26.3 Å². The van der Waals surface area contributed by atoms with Crippen molar-refractivity contribution in [3.63, 3.8) is 0 Å². The van der Waals surface area contributed by atoms with E-state index in [1.807, 2.05) is 20.8 Å². The molecule has 1 aromatic carbocycles. The number of hydrogen-bond acceptors (Lipinski definition) is 3. The molecule has 0 fully saturated rings. The highest BCUT2D eigenvalue weighted by atomic mass is 16.5. The second-order valence-electron chi connectivity index (χ2n) is 4.78. The number of hydrogen-bond donors (Lipinski definition) is 1. The number of nitrogens with one attached hydrogen (secondary N) is 1. The Labute approximate surface area is 101 Å². The lowest BCUT2D eigenvalue weighted by Gasteiger charge is -2.20. The van der Waals surface area contributed by atoms with Gasteiger partial charge in [0.15, 0.2) is 0 Å². The van der Waals surface area contributed by atoms with Crippen molar-refractivity contribution in [2.24, 2.45) is 0 Å². The first-order valence-electron chi connectivity index (χ1n) is 5.34. The molecule has 4 heteroatoms. The molecule has 1 N–H and O–H groups in total. The summed E-state index contributed by atoms with van der Waals surface area (Å²) in [6.07, 6.45) is 0. The second-order valence-corrected chi connectivity index (χ2v) is 4.78. The molecule has 1 rings (SSSR count). The van der Waals surface area contributed by atoms with Crippen LogP contribution in [0, 0.1) is 0 Å². The Balaban J connectivity index is 2.92. The van der Waals surface area contributed by atoms with Crippen LogP contribution in [0.5, 0.6) is 0 Å². The SMILES string of the molecule is COC(=O)c1cccc(C(=O)NC(C)(C)C)c1. The highest BCUT2D eigenvalue weighted by Crippen LogP contribution is 2.08. The van der Waals surface area contributed by atoms with Gasteiger partial charge in [-0.25, -0.2) is 4.79 Å². The Morgan fingerprint density at radius 2 is 1.76 bits per heavy atom. The zero-order valence-electron chi connectivity index (χ0n) is 10.5. The zero-order chi connectivity index (χ0) is 13.1. The van der Waals surface area contributed by atoms with E-state index in [0.29, 0.717) is 11.1 Å². The highest BCUT2D eigenvalue weighted by Gasteiger charge is 2.16. The minimum absolute atomic E-state index is 0.205. The third kappa shape index (κ3) is 3.90. The van der Waals surface area contributed by atoms with Crippen LogP contribution in [-0.4, -0.2) is 24.5 Å². The summed E-state index contributed by atoms with van der Waals surface area (Å²) in [5.41, 5.74) is 0.509. The summed E-state index contributed by atoms with van der Waals surface area (Å²) in [6, 6.07) is 6.45. The van der Waals surface area contributed by atoms with Crippen LogP contribution in [0.15, 0.2) is 24.3 Å². The minimum atomic E-state index is -0.449. The van der Waals surface area contributed by atoms with Gasteiger partial charge in [-0.3, -0.25) is 4.79 Å². The van der Waals surface area contributed by atoms with Gasteiger partial charge in [0.05, 0.1) is 12.7 Å². The van der Waals surface area contributed by atoms with Gasteiger partial charge in [-0.2, -0.15) is 0 Å². The average molecular weight is 235 g/mol. The molecule has 1 amide bonds. The fourth-order valence-electron chi connectivity index (χ4n) is 1.32. The maximum absolute atomic E-state index is 11.9. The molecule has 1 aromatic rings. The van der Waals surface area contributed by atoms with Crippen molar-refractivity contribution in [2.75, 3.05) is 7.11 Å². The quantitative estimate of drug-likeness (QED) is 0.798. The molecule has 0 saturated carbocycles. The summed E-state index contributed by atoms with van der Waals surface area (Å²) >= 11 is 0. The third-order valence-corrected chi connectivity index (χ3v) is 2.03. The van der Waals surface area contributed by atoms with E-state index in [-0.39, 0.29) is 11.4 Å². The lowest BCUT2D eigenvalue weighted by molar-refractivity contribution is 0.0600. The summed E-state index contributed by atoms with van der Waals surface area (Å²) < 4.78 is 4.60. The van der Waals surface area contributed by atoms with E-state index in [9.17, 15) is 9.59 Å². The predicted octanol–water partition coefficient (Wildman–Crippen LogP) is 2.00. The van der Waals surface area contributed by atoms with Gasteiger partial charge in [0.1, 0.15) is 0 Å². The fraction of sp³-hybridized carbons (Fsp3) is 0.385. The molecule has 0 radical (unpaired) electrons. The van der Waals surface area contributed by atoms with E-state index in [1.54, 1.807) is 18.2 Å². The lowest BCUT2D eigenvalue weighted by Crippen LogP contribution is -2.40. The van der Waals surface area contributed by atoms with Crippen LogP contribution in [0.4, 0.5) is 0 Å². The molecule has 0 spiro atoms. The third-order valence-electron chi connectivity index (χ3n) is 2.03. The molecule has 0 heterocycles. The molecule has 0 aliphatic carbocycles. The van der Waals surface area contributed by atoms with Gasteiger partial charge in [0.25, 0.3) is 5.91 Å². The van der Waals surface area contributed by atoms with E-state index in [1.165, 1.54) is 13.2 Å². The van der Waals surface area contributed by atoms with Gasteiger partial charge in [0.2, 0.25) is 0 Å². The van der Waals surface area contributed by atoms with Gasteiger partial charge in [-0.05, 0) is 39.0 Å². The molecule has 17 heavy (non-hydrogen) atoms. The first-order valence-corrected chi connectivity index (χ1v) is 5.34. The van der Waals surface area contributed by atoms with Crippen LogP contribution in [0.25, 0.3) is 0 Å². The molecule has 92 valence electrons. The number of ether oxygens (including phenoxy) is 1. The lowest BCUT2D eigenvalue weighted by atomic mass is 10.1. The van der Waals surface area contributed by atoms with Crippen molar-refractivity contribution in [1.82, 2.24) is 5.32 Å². The summed E-state index contributed by atoms with van der Waals surface area (Å²) in [5.74, 6) is -0.654. The standard InChI is InChI=1S/C13H17NO3/c1-13(2,3)14-11(15)9-6-5-7-10(8-9)12(16)17-4/h5-8H,1-4H3,(H,14,15). The van der Waals surface area contributed by atoms with Crippen LogP contribution < -0.4 is 5.32 Å². The average Bonchev–Trinajstić information content (AvgIpc) is 2.26. The van der Waals surface area contributed by atoms with Crippen molar-refractivity contribution >= 4 is 11.9 Å². The molecule has 0 aromatic heterocycles. The van der Waals surface area contributed by atoms with Gasteiger partial charge < -0.3 is 10.1 Å². The summed E-state index contributed by atoms with van der Waals surface area (Å²) in [7, 11) is 1.31. The van der Waals surface area contributed by atoms with Crippen molar-refractivity contribution in [1.29, 1.82) is 0 Å². The summed E-state index contributed by atoms with van der Waals surface area (Å²) in [4.78, 5) is 23.2. The second kappa shape index (κ2) is 4.99. The summed E-state index contributed by atoms with van der Waals surface area (Å²) in [5, 5.41) is 2.83. The van der Waals surface area contributed by atoms with Crippen molar-refractivity contribution in [3.8, 4) is 0 Å². The van der Waals surface area contributed by atoms with Crippen LogP contribution in [0.3, 0.4) is 0 Å². The maximum Gasteiger partial charge on any atom is 0.337 e. The first-order chi connectivity index (χ1) is 7.83.